The molecule has 25 heavy (non-hydrogen) atoms. The number of hydrogen-bond donors (Lipinski definition) is 1. The smallest absolute Gasteiger partial charge is 0.407 e. The molecule has 0 bridgehead atoms. The fraction of sp³-hybridized carbons (Fsp3) is 0.500. The summed E-state index contributed by atoms with van der Waals surface area (Å²) in [6.07, 6.45) is 0.0249. The van der Waals surface area contributed by atoms with Crippen molar-refractivity contribution in [1.82, 2.24) is 5.32 Å². The first-order chi connectivity index (χ1) is 11.5. The van der Waals surface area contributed by atoms with Crippen molar-refractivity contribution in [2.75, 3.05) is 6.54 Å². The van der Waals surface area contributed by atoms with Crippen LogP contribution in [0.15, 0.2) is 24.3 Å². The Morgan fingerprint density at radius 3 is 2.28 bits per heavy atom. The zero-order chi connectivity index (χ0) is 19.1. The van der Waals surface area contributed by atoms with E-state index in [1.165, 1.54) is 0 Å². The van der Waals surface area contributed by atoms with Gasteiger partial charge in [0.05, 0.1) is 5.56 Å². The highest BCUT2D eigenvalue weighted by molar-refractivity contribution is 5.90. The van der Waals surface area contributed by atoms with E-state index in [1.54, 1.807) is 18.2 Å². The van der Waals surface area contributed by atoms with Crippen molar-refractivity contribution in [2.45, 2.75) is 59.2 Å². The standard InChI is InChI=1S/C20H27NO4/c1-19(2,3)24-17(22)16-12-9-11-15(14-16)10-7-8-13-21-18(23)25-20(4,5)6/h9,11-12,14H,8,13H2,1-6H3,(H,21,23). The van der Waals surface area contributed by atoms with Crippen LogP contribution in [0.2, 0.25) is 0 Å². The van der Waals surface area contributed by atoms with Gasteiger partial charge in [-0.25, -0.2) is 9.59 Å². The number of ether oxygens (including phenoxy) is 2. The highest BCUT2D eigenvalue weighted by Gasteiger charge is 2.18. The molecule has 1 rings (SSSR count). The summed E-state index contributed by atoms with van der Waals surface area (Å²) in [5, 5.41) is 2.64. The van der Waals surface area contributed by atoms with Crippen molar-refractivity contribution in [3.63, 3.8) is 0 Å². The van der Waals surface area contributed by atoms with E-state index in [9.17, 15) is 9.59 Å². The molecule has 0 aliphatic heterocycles. The van der Waals surface area contributed by atoms with Crippen LogP contribution in [0.25, 0.3) is 0 Å². The molecular formula is C20H27NO4. The predicted octanol–water partition coefficient (Wildman–Crippen LogP) is 3.91. The summed E-state index contributed by atoms with van der Waals surface area (Å²) in [7, 11) is 0. The molecule has 0 radical (unpaired) electrons. The predicted molar refractivity (Wildman–Crippen MR) is 97.3 cm³/mol. The second-order valence-corrected chi connectivity index (χ2v) is 7.56. The van der Waals surface area contributed by atoms with Crippen LogP contribution >= 0.6 is 0 Å². The maximum absolute atomic E-state index is 12.0. The summed E-state index contributed by atoms with van der Waals surface area (Å²) < 4.78 is 10.5. The average molecular weight is 345 g/mol. The van der Waals surface area contributed by atoms with Crippen LogP contribution in [0.4, 0.5) is 4.79 Å². The van der Waals surface area contributed by atoms with Crippen LogP contribution in [0.5, 0.6) is 0 Å². The highest BCUT2D eigenvalue weighted by atomic mass is 16.6. The van der Waals surface area contributed by atoms with Gasteiger partial charge in [0.1, 0.15) is 11.2 Å². The molecule has 0 spiro atoms. The Hall–Kier alpha value is -2.48. The van der Waals surface area contributed by atoms with Gasteiger partial charge in [0.2, 0.25) is 0 Å². The quantitative estimate of drug-likeness (QED) is 0.512. The van der Waals surface area contributed by atoms with E-state index in [2.05, 4.69) is 17.2 Å². The van der Waals surface area contributed by atoms with Gasteiger partial charge < -0.3 is 14.8 Å². The zero-order valence-electron chi connectivity index (χ0n) is 15.9. The minimum absolute atomic E-state index is 0.372. The number of nitrogens with one attached hydrogen (secondary N) is 1. The maximum Gasteiger partial charge on any atom is 0.407 e. The lowest BCUT2D eigenvalue weighted by molar-refractivity contribution is 0.00692. The van der Waals surface area contributed by atoms with E-state index < -0.39 is 17.3 Å². The number of alkyl carbamates (subject to hydrolysis) is 1. The Labute approximate surface area is 150 Å². The monoisotopic (exact) mass is 345 g/mol. The lowest BCUT2D eigenvalue weighted by Gasteiger charge is -2.19. The largest absolute Gasteiger partial charge is 0.456 e. The fourth-order valence-electron chi connectivity index (χ4n) is 1.77. The lowest BCUT2D eigenvalue weighted by atomic mass is 10.1. The number of carbonyl (C=O) groups excluding carboxylic acids is 2. The zero-order valence-corrected chi connectivity index (χ0v) is 15.9. The molecule has 1 amide bonds. The van der Waals surface area contributed by atoms with Crippen molar-refractivity contribution >= 4 is 12.1 Å². The molecule has 1 aromatic rings. The van der Waals surface area contributed by atoms with Gasteiger partial charge in [0, 0.05) is 18.5 Å². The first-order valence-corrected chi connectivity index (χ1v) is 8.25. The minimum atomic E-state index is -0.536. The van der Waals surface area contributed by atoms with E-state index in [-0.39, 0.29) is 5.97 Å². The number of amides is 1. The van der Waals surface area contributed by atoms with Gasteiger partial charge in [-0.1, -0.05) is 17.9 Å². The van der Waals surface area contributed by atoms with Crippen LogP contribution in [-0.2, 0) is 9.47 Å². The Morgan fingerprint density at radius 2 is 1.68 bits per heavy atom. The normalized spacial score (nSPS) is 11.1. The molecule has 0 aliphatic rings. The fourth-order valence-corrected chi connectivity index (χ4v) is 1.77. The van der Waals surface area contributed by atoms with Crippen molar-refractivity contribution < 1.29 is 19.1 Å². The molecule has 5 heteroatoms. The summed E-state index contributed by atoms with van der Waals surface area (Å²) in [6.45, 7) is 11.3. The topological polar surface area (TPSA) is 64.6 Å². The third-order valence-electron chi connectivity index (χ3n) is 2.65. The van der Waals surface area contributed by atoms with Gasteiger partial charge in [-0.2, -0.15) is 0 Å². The number of hydrogen-bond acceptors (Lipinski definition) is 4. The Balaban J connectivity index is 2.54. The summed E-state index contributed by atoms with van der Waals surface area (Å²) >= 11 is 0. The molecule has 0 aliphatic carbocycles. The average Bonchev–Trinajstić information content (AvgIpc) is 2.43. The third-order valence-corrected chi connectivity index (χ3v) is 2.65. The molecule has 5 nitrogen and oxygen atoms in total. The number of carbonyl (C=O) groups is 2. The van der Waals surface area contributed by atoms with Crippen LogP contribution in [0.1, 0.15) is 63.9 Å². The molecule has 0 saturated carbocycles. The van der Waals surface area contributed by atoms with Gasteiger partial charge in [0.15, 0.2) is 0 Å². The molecule has 0 atom stereocenters. The molecule has 0 unspecified atom stereocenters. The van der Waals surface area contributed by atoms with E-state index in [1.807, 2.05) is 47.6 Å². The number of esters is 1. The summed E-state index contributed by atoms with van der Waals surface area (Å²) in [6, 6.07) is 6.98. The SMILES string of the molecule is CC(C)(C)OC(=O)NCCC#Cc1cccc(C(=O)OC(C)(C)C)c1. The van der Waals surface area contributed by atoms with E-state index in [0.717, 1.165) is 5.56 Å². The van der Waals surface area contributed by atoms with Crippen LogP contribution in [0, 0.1) is 11.8 Å². The maximum atomic E-state index is 12.0. The molecule has 1 N–H and O–H groups in total. The molecule has 136 valence electrons. The van der Waals surface area contributed by atoms with Crippen molar-refractivity contribution in [3.8, 4) is 11.8 Å². The van der Waals surface area contributed by atoms with Crippen LogP contribution in [0.3, 0.4) is 0 Å². The minimum Gasteiger partial charge on any atom is -0.456 e. The molecule has 0 aromatic heterocycles. The summed E-state index contributed by atoms with van der Waals surface area (Å²) in [4.78, 5) is 23.5. The molecular weight excluding hydrogens is 318 g/mol. The lowest BCUT2D eigenvalue weighted by Crippen LogP contribution is -2.32. The van der Waals surface area contributed by atoms with Gasteiger partial charge in [-0.3, -0.25) is 0 Å². The highest BCUT2D eigenvalue weighted by Crippen LogP contribution is 2.13. The third kappa shape index (κ3) is 9.41. The number of benzene rings is 1. The van der Waals surface area contributed by atoms with E-state index >= 15 is 0 Å². The molecule has 0 saturated heterocycles. The van der Waals surface area contributed by atoms with Gasteiger partial charge in [0.25, 0.3) is 0 Å². The van der Waals surface area contributed by atoms with Gasteiger partial charge in [-0.05, 0) is 59.7 Å². The summed E-state index contributed by atoms with van der Waals surface area (Å²) in [5.41, 5.74) is 0.137. The Morgan fingerprint density at radius 1 is 1.04 bits per heavy atom. The van der Waals surface area contributed by atoms with Crippen LogP contribution < -0.4 is 5.32 Å². The van der Waals surface area contributed by atoms with Crippen LogP contribution in [-0.4, -0.2) is 29.8 Å². The van der Waals surface area contributed by atoms with Gasteiger partial charge >= 0.3 is 12.1 Å². The van der Waals surface area contributed by atoms with E-state index in [4.69, 9.17) is 9.47 Å². The molecule has 0 heterocycles. The first kappa shape index (κ1) is 20.6. The van der Waals surface area contributed by atoms with Gasteiger partial charge in [-0.15, -0.1) is 0 Å². The molecule has 0 fully saturated rings. The Kier molecular flexibility index (Phi) is 7.05. The first-order valence-electron chi connectivity index (χ1n) is 8.25. The molecule has 1 aromatic carbocycles. The van der Waals surface area contributed by atoms with E-state index in [0.29, 0.717) is 18.5 Å². The van der Waals surface area contributed by atoms with Crippen molar-refractivity contribution in [1.29, 1.82) is 0 Å². The Bertz CT molecular complexity index is 669. The second-order valence-electron chi connectivity index (χ2n) is 7.56. The van der Waals surface area contributed by atoms with Crippen molar-refractivity contribution in [2.24, 2.45) is 0 Å². The second kappa shape index (κ2) is 8.57. The van der Waals surface area contributed by atoms with Crippen molar-refractivity contribution in [3.05, 3.63) is 35.4 Å². The number of rotatable bonds is 3. The summed E-state index contributed by atoms with van der Waals surface area (Å²) in [5.74, 6) is 5.56.